The summed E-state index contributed by atoms with van der Waals surface area (Å²) in [5.74, 6) is 0.233. The number of thiophene rings is 1. The minimum atomic E-state index is -3.63. The van der Waals surface area contributed by atoms with Crippen molar-refractivity contribution in [3.05, 3.63) is 51.2 Å². The quantitative estimate of drug-likeness (QED) is 0.640. The molecule has 2 aliphatic heterocycles. The van der Waals surface area contributed by atoms with E-state index in [1.165, 1.54) is 4.88 Å². The van der Waals surface area contributed by atoms with Crippen molar-refractivity contribution in [2.75, 3.05) is 26.2 Å². The minimum absolute atomic E-state index is 0.0339. The van der Waals surface area contributed by atoms with Crippen LogP contribution in [0.2, 0.25) is 4.34 Å². The highest BCUT2D eigenvalue weighted by atomic mass is 35.5. The molecule has 0 spiro atoms. The SMILES string of the molecule is CCCCC(N=C1NS(=O)(=O)c2ccccc21)C(=O)N1CCN(Cc2ccc(Cl)s2)CC1. The van der Waals surface area contributed by atoms with Gasteiger partial charge in [-0.2, -0.15) is 0 Å². The Labute approximate surface area is 198 Å². The van der Waals surface area contributed by atoms with Crippen LogP contribution in [0.1, 0.15) is 36.6 Å². The van der Waals surface area contributed by atoms with Crippen LogP contribution in [0.15, 0.2) is 46.3 Å². The third-order valence-electron chi connectivity index (χ3n) is 5.76. The number of carbonyl (C=O) groups is 1. The fourth-order valence-corrected chi connectivity index (χ4v) is 6.39. The van der Waals surface area contributed by atoms with Crippen LogP contribution in [0.4, 0.5) is 0 Å². The summed E-state index contributed by atoms with van der Waals surface area (Å²) in [7, 11) is -3.63. The summed E-state index contributed by atoms with van der Waals surface area (Å²) in [5.41, 5.74) is 0.529. The first-order valence-electron chi connectivity index (χ1n) is 10.8. The van der Waals surface area contributed by atoms with Crippen molar-refractivity contribution in [3.63, 3.8) is 0 Å². The molecule has 0 radical (unpaired) electrons. The number of nitrogens with zero attached hydrogens (tertiary/aromatic N) is 3. The van der Waals surface area contributed by atoms with E-state index in [9.17, 15) is 13.2 Å². The largest absolute Gasteiger partial charge is 0.338 e. The normalized spacial score (nSPS) is 20.2. The van der Waals surface area contributed by atoms with Gasteiger partial charge in [0.05, 0.1) is 9.23 Å². The van der Waals surface area contributed by atoms with Crippen LogP contribution in [-0.4, -0.2) is 62.2 Å². The molecule has 4 rings (SSSR count). The lowest BCUT2D eigenvalue weighted by molar-refractivity contribution is -0.134. The maximum Gasteiger partial charge on any atom is 0.263 e. The van der Waals surface area contributed by atoms with Gasteiger partial charge in [0, 0.05) is 43.2 Å². The van der Waals surface area contributed by atoms with Crippen molar-refractivity contribution < 1.29 is 13.2 Å². The molecule has 7 nitrogen and oxygen atoms in total. The third kappa shape index (κ3) is 5.17. The third-order valence-corrected chi connectivity index (χ3v) is 8.37. The predicted octanol–water partition coefficient (Wildman–Crippen LogP) is 3.34. The zero-order valence-corrected chi connectivity index (χ0v) is 20.3. The number of benzene rings is 1. The molecular formula is C22H27ClN4O3S2. The molecule has 1 amide bonds. The molecule has 0 saturated carbocycles. The van der Waals surface area contributed by atoms with E-state index >= 15 is 0 Å². The number of amides is 1. The number of nitrogens with one attached hydrogen (secondary N) is 1. The van der Waals surface area contributed by atoms with Gasteiger partial charge in [0.1, 0.15) is 11.9 Å². The second kappa shape index (κ2) is 9.91. The van der Waals surface area contributed by atoms with Crippen LogP contribution in [-0.2, 0) is 21.4 Å². The van der Waals surface area contributed by atoms with E-state index in [1.54, 1.807) is 35.6 Å². The molecule has 1 aromatic heterocycles. The molecule has 1 N–H and O–H groups in total. The highest BCUT2D eigenvalue weighted by Gasteiger charge is 2.33. The number of unbranched alkanes of at least 4 members (excludes halogenated alkanes) is 1. The van der Waals surface area contributed by atoms with Crippen LogP contribution in [0.3, 0.4) is 0 Å². The summed E-state index contributed by atoms with van der Waals surface area (Å²) >= 11 is 7.61. The van der Waals surface area contributed by atoms with Gasteiger partial charge in [-0.25, -0.2) is 8.42 Å². The Kier molecular flexibility index (Phi) is 7.19. The van der Waals surface area contributed by atoms with Crippen LogP contribution < -0.4 is 4.72 Å². The van der Waals surface area contributed by atoms with Gasteiger partial charge < -0.3 is 4.90 Å². The van der Waals surface area contributed by atoms with E-state index < -0.39 is 16.1 Å². The lowest BCUT2D eigenvalue weighted by Crippen LogP contribution is -2.51. The molecule has 10 heteroatoms. The summed E-state index contributed by atoms with van der Waals surface area (Å²) in [6.45, 7) is 5.74. The summed E-state index contributed by atoms with van der Waals surface area (Å²) < 4.78 is 28.2. The molecule has 0 aliphatic carbocycles. The average molecular weight is 495 g/mol. The number of rotatable bonds is 7. The zero-order valence-electron chi connectivity index (χ0n) is 18.0. The predicted molar refractivity (Wildman–Crippen MR) is 128 cm³/mol. The number of hydrogen-bond donors (Lipinski definition) is 1. The van der Waals surface area contributed by atoms with Crippen LogP contribution in [0, 0.1) is 0 Å². The molecule has 3 heterocycles. The van der Waals surface area contributed by atoms with E-state index in [2.05, 4.69) is 21.5 Å². The van der Waals surface area contributed by atoms with Gasteiger partial charge in [-0.05, 0) is 30.7 Å². The van der Waals surface area contributed by atoms with Crippen molar-refractivity contribution in [1.29, 1.82) is 0 Å². The highest BCUT2D eigenvalue weighted by molar-refractivity contribution is 7.90. The van der Waals surface area contributed by atoms with Gasteiger partial charge in [0.25, 0.3) is 10.0 Å². The molecule has 172 valence electrons. The first-order chi connectivity index (χ1) is 15.4. The van der Waals surface area contributed by atoms with Gasteiger partial charge in [0.15, 0.2) is 0 Å². The summed E-state index contributed by atoms with van der Waals surface area (Å²) in [6.07, 6.45) is 2.38. The number of sulfonamides is 1. The Bertz CT molecular complexity index is 1110. The fraction of sp³-hybridized carbons (Fsp3) is 0.455. The highest BCUT2D eigenvalue weighted by Crippen LogP contribution is 2.25. The smallest absolute Gasteiger partial charge is 0.263 e. The van der Waals surface area contributed by atoms with Gasteiger partial charge in [-0.1, -0.05) is 43.5 Å². The number of aliphatic imine (C=N–C) groups is 1. The van der Waals surface area contributed by atoms with Crippen molar-refractivity contribution in [2.24, 2.45) is 4.99 Å². The van der Waals surface area contributed by atoms with Gasteiger partial charge in [0.2, 0.25) is 5.91 Å². The first-order valence-corrected chi connectivity index (χ1v) is 13.5. The molecule has 1 unspecified atom stereocenters. The maximum atomic E-state index is 13.3. The van der Waals surface area contributed by atoms with Gasteiger partial charge in [-0.3, -0.25) is 19.4 Å². The Morgan fingerprint density at radius 3 is 2.62 bits per heavy atom. The lowest BCUT2D eigenvalue weighted by atomic mass is 10.1. The molecule has 0 bridgehead atoms. The number of amidine groups is 1. The first kappa shape index (κ1) is 23.2. The van der Waals surface area contributed by atoms with Gasteiger partial charge >= 0.3 is 0 Å². The minimum Gasteiger partial charge on any atom is -0.338 e. The van der Waals surface area contributed by atoms with Crippen molar-refractivity contribution in [1.82, 2.24) is 14.5 Å². The molecule has 32 heavy (non-hydrogen) atoms. The van der Waals surface area contributed by atoms with Crippen molar-refractivity contribution in [2.45, 2.75) is 43.7 Å². The lowest BCUT2D eigenvalue weighted by Gasteiger charge is -2.35. The molecule has 1 fully saturated rings. The zero-order chi connectivity index (χ0) is 22.7. The van der Waals surface area contributed by atoms with E-state index in [0.717, 1.165) is 36.8 Å². The van der Waals surface area contributed by atoms with Crippen molar-refractivity contribution >= 4 is 44.7 Å². The molecule has 1 aromatic carbocycles. The fourth-order valence-electron chi connectivity index (χ4n) is 4.02. The number of halogens is 1. The molecule has 2 aromatic rings. The molecular weight excluding hydrogens is 468 g/mol. The number of hydrogen-bond acceptors (Lipinski definition) is 6. The second-order valence-electron chi connectivity index (χ2n) is 8.04. The van der Waals surface area contributed by atoms with Crippen LogP contribution in [0.25, 0.3) is 0 Å². The van der Waals surface area contributed by atoms with E-state index in [0.29, 0.717) is 25.1 Å². The molecule has 1 atom stereocenters. The Balaban J connectivity index is 1.46. The Morgan fingerprint density at radius 2 is 1.94 bits per heavy atom. The van der Waals surface area contributed by atoms with Gasteiger partial charge in [-0.15, -0.1) is 11.3 Å². The van der Waals surface area contributed by atoms with Crippen LogP contribution >= 0.6 is 22.9 Å². The van der Waals surface area contributed by atoms with E-state index in [-0.39, 0.29) is 16.6 Å². The number of piperazine rings is 1. The van der Waals surface area contributed by atoms with Crippen molar-refractivity contribution in [3.8, 4) is 0 Å². The maximum absolute atomic E-state index is 13.3. The monoisotopic (exact) mass is 494 g/mol. The average Bonchev–Trinajstić information content (AvgIpc) is 3.31. The molecule has 1 saturated heterocycles. The number of carbonyl (C=O) groups excluding carboxylic acids is 1. The van der Waals surface area contributed by atoms with E-state index in [1.807, 2.05) is 17.0 Å². The molecule has 2 aliphatic rings. The summed E-state index contributed by atoms with van der Waals surface area (Å²) in [5, 5.41) is 0. The topological polar surface area (TPSA) is 82.1 Å². The van der Waals surface area contributed by atoms with E-state index in [4.69, 9.17) is 11.6 Å². The Hall–Kier alpha value is -1.94. The Morgan fingerprint density at radius 1 is 1.19 bits per heavy atom. The summed E-state index contributed by atoms with van der Waals surface area (Å²) in [4.78, 5) is 23.6. The number of fused-ring (bicyclic) bond motifs is 1. The second-order valence-corrected chi connectivity index (χ2v) is 11.5. The summed E-state index contributed by atoms with van der Waals surface area (Å²) in [6, 6.07) is 10.1. The van der Waals surface area contributed by atoms with Crippen LogP contribution in [0.5, 0.6) is 0 Å². The standard InChI is InChI=1S/C22H27ClN4O3S2/c1-2-3-7-18(24-21-17-6-4-5-8-19(17)32(29,30)25-21)22(28)27-13-11-26(12-14-27)15-16-9-10-20(23)31-16/h4-6,8-10,18H,2-3,7,11-15H2,1H3,(H,24,25).